The number of ketones is 1. The zero-order chi connectivity index (χ0) is 27.7. The first kappa shape index (κ1) is 26.6. The number of halogens is 1. The van der Waals surface area contributed by atoms with Crippen molar-refractivity contribution in [3.8, 4) is 11.1 Å². The molecule has 1 fully saturated rings. The van der Waals surface area contributed by atoms with Crippen LogP contribution in [0.3, 0.4) is 0 Å². The van der Waals surface area contributed by atoms with Gasteiger partial charge in [0.15, 0.2) is 5.78 Å². The maximum absolute atomic E-state index is 13.7. The van der Waals surface area contributed by atoms with Crippen molar-refractivity contribution in [2.45, 2.75) is 26.3 Å². The number of carboxylic acids is 1. The molecule has 0 radical (unpaired) electrons. The predicted molar refractivity (Wildman–Crippen MR) is 153 cm³/mol. The van der Waals surface area contributed by atoms with E-state index in [1.165, 1.54) is 11.5 Å². The van der Waals surface area contributed by atoms with E-state index in [0.717, 1.165) is 15.6 Å². The third kappa shape index (κ3) is 5.29. The van der Waals surface area contributed by atoms with E-state index in [-0.39, 0.29) is 23.8 Å². The molecule has 39 heavy (non-hydrogen) atoms. The number of pyridine rings is 1. The van der Waals surface area contributed by atoms with Crippen LogP contribution in [-0.4, -0.2) is 45.3 Å². The zero-order valence-corrected chi connectivity index (χ0v) is 23.0. The first-order valence-electron chi connectivity index (χ1n) is 12.8. The molecule has 0 saturated carbocycles. The van der Waals surface area contributed by atoms with Crippen molar-refractivity contribution in [2.24, 2.45) is 5.92 Å². The molecule has 1 amide bonds. The molecule has 4 aromatic rings. The summed E-state index contributed by atoms with van der Waals surface area (Å²) in [6, 6.07) is 22.0. The number of hydrogen-bond donors (Lipinski definition) is 1. The third-order valence-corrected chi connectivity index (χ3v) is 7.80. The number of carboxylic acid groups (broad SMARTS) is 1. The third-order valence-electron chi connectivity index (χ3n) is 7.30. The smallest absolute Gasteiger partial charge is 0.306 e. The Kier molecular flexibility index (Phi) is 7.48. The minimum atomic E-state index is -0.816. The summed E-state index contributed by atoms with van der Waals surface area (Å²) in [5.74, 6) is -1.59. The number of piperidine rings is 1. The first-order chi connectivity index (χ1) is 18.7. The minimum Gasteiger partial charge on any atom is -0.481 e. The van der Waals surface area contributed by atoms with Crippen LogP contribution in [0.5, 0.6) is 0 Å². The molecule has 7 nitrogen and oxygen atoms in total. The summed E-state index contributed by atoms with van der Waals surface area (Å²) >= 11 is 3.50. The Morgan fingerprint density at radius 1 is 0.923 bits per heavy atom. The summed E-state index contributed by atoms with van der Waals surface area (Å²) in [5, 5.41) is 10.4. The second-order valence-electron chi connectivity index (χ2n) is 9.83. The number of Topliss-reactive ketones (excluding diaryl/α,β-unsaturated/α-hetero) is 1. The summed E-state index contributed by atoms with van der Waals surface area (Å²) in [7, 11) is 0. The molecule has 0 unspecified atom stereocenters. The van der Waals surface area contributed by atoms with Crippen molar-refractivity contribution in [2.75, 3.05) is 13.1 Å². The van der Waals surface area contributed by atoms with Gasteiger partial charge in [0.2, 0.25) is 0 Å². The fourth-order valence-electron chi connectivity index (χ4n) is 5.28. The van der Waals surface area contributed by atoms with E-state index in [0.29, 0.717) is 53.5 Å². The van der Waals surface area contributed by atoms with Crippen LogP contribution in [-0.2, 0) is 11.3 Å². The van der Waals surface area contributed by atoms with Crippen LogP contribution in [0.1, 0.15) is 46.2 Å². The average molecular weight is 587 g/mol. The van der Waals surface area contributed by atoms with Crippen LogP contribution >= 0.6 is 15.9 Å². The van der Waals surface area contributed by atoms with Crippen LogP contribution in [0.4, 0.5) is 0 Å². The van der Waals surface area contributed by atoms with E-state index in [1.807, 2.05) is 42.5 Å². The van der Waals surface area contributed by atoms with Crippen molar-refractivity contribution in [1.82, 2.24) is 9.47 Å². The van der Waals surface area contributed by atoms with Crippen molar-refractivity contribution in [3.63, 3.8) is 0 Å². The number of hydrogen-bond acceptors (Lipinski definition) is 4. The number of carbonyl (C=O) groups excluding carboxylic acids is 2. The second-order valence-corrected chi connectivity index (χ2v) is 10.7. The van der Waals surface area contributed by atoms with Gasteiger partial charge in [-0.3, -0.25) is 23.7 Å². The fraction of sp³-hybridized carbons (Fsp3) is 0.226. The van der Waals surface area contributed by atoms with Gasteiger partial charge in [-0.25, -0.2) is 0 Å². The second kappa shape index (κ2) is 11.0. The van der Waals surface area contributed by atoms with Gasteiger partial charge in [-0.2, -0.15) is 0 Å². The van der Waals surface area contributed by atoms with Crippen LogP contribution in [0.15, 0.2) is 82.1 Å². The molecule has 5 rings (SSSR count). The van der Waals surface area contributed by atoms with E-state index < -0.39 is 11.9 Å². The molecular formula is C31H27BrN2O5. The van der Waals surface area contributed by atoms with Gasteiger partial charge >= 0.3 is 5.97 Å². The van der Waals surface area contributed by atoms with Crippen molar-refractivity contribution >= 4 is 44.4 Å². The fourth-order valence-corrected chi connectivity index (χ4v) is 5.64. The summed E-state index contributed by atoms with van der Waals surface area (Å²) in [4.78, 5) is 52.6. The SMILES string of the molecule is CC(=O)c1c(-c2ccccc2)c2cc(Br)ccc2c(=O)n1Cc1ccc(C(=O)N2CCC(C(=O)O)CC2)cc1. The number of rotatable bonds is 6. The summed E-state index contributed by atoms with van der Waals surface area (Å²) in [6.07, 6.45) is 0.885. The molecule has 3 aromatic carbocycles. The summed E-state index contributed by atoms with van der Waals surface area (Å²) in [5.41, 5.74) is 2.89. The quantitative estimate of drug-likeness (QED) is 0.296. The highest BCUT2D eigenvalue weighted by Gasteiger charge is 2.27. The van der Waals surface area contributed by atoms with Gasteiger partial charge in [-0.05, 0) is 59.7 Å². The van der Waals surface area contributed by atoms with Gasteiger partial charge in [-0.15, -0.1) is 0 Å². The molecule has 1 aliphatic rings. The molecule has 0 bridgehead atoms. The van der Waals surface area contributed by atoms with E-state index in [2.05, 4.69) is 15.9 Å². The number of benzene rings is 3. The van der Waals surface area contributed by atoms with Crippen LogP contribution in [0.2, 0.25) is 0 Å². The van der Waals surface area contributed by atoms with E-state index in [9.17, 15) is 24.3 Å². The lowest BCUT2D eigenvalue weighted by Crippen LogP contribution is -2.40. The Morgan fingerprint density at radius 2 is 1.59 bits per heavy atom. The van der Waals surface area contributed by atoms with Crippen molar-refractivity contribution in [1.29, 1.82) is 0 Å². The van der Waals surface area contributed by atoms with Gasteiger partial charge in [0, 0.05) is 41.0 Å². The van der Waals surface area contributed by atoms with Gasteiger partial charge in [0.05, 0.1) is 18.2 Å². The molecular weight excluding hydrogens is 560 g/mol. The minimum absolute atomic E-state index is 0.144. The average Bonchev–Trinajstić information content (AvgIpc) is 2.94. The Bertz CT molecular complexity index is 1640. The number of amides is 1. The van der Waals surface area contributed by atoms with Crippen LogP contribution < -0.4 is 5.56 Å². The zero-order valence-electron chi connectivity index (χ0n) is 21.4. The molecule has 1 N–H and O–H groups in total. The summed E-state index contributed by atoms with van der Waals surface area (Å²) < 4.78 is 2.33. The molecule has 2 heterocycles. The Balaban J connectivity index is 1.51. The standard InChI is InChI=1S/C31H27BrN2O5/c1-19(35)28-27(21-5-3-2-4-6-21)26-17-24(32)11-12-25(26)30(37)34(28)18-20-7-9-22(10-8-20)29(36)33-15-13-23(14-16-33)31(38)39/h2-12,17,23H,13-16,18H2,1H3,(H,38,39). The van der Waals surface area contributed by atoms with Gasteiger partial charge < -0.3 is 10.0 Å². The lowest BCUT2D eigenvalue weighted by molar-refractivity contribution is -0.143. The van der Waals surface area contributed by atoms with Crippen LogP contribution in [0.25, 0.3) is 21.9 Å². The maximum atomic E-state index is 13.7. The number of aliphatic carboxylic acids is 1. The van der Waals surface area contributed by atoms with Gasteiger partial charge in [-0.1, -0.05) is 58.4 Å². The molecule has 0 atom stereocenters. The first-order valence-corrected chi connectivity index (χ1v) is 13.6. The molecule has 1 saturated heterocycles. The van der Waals surface area contributed by atoms with Gasteiger partial charge in [0.1, 0.15) is 0 Å². The maximum Gasteiger partial charge on any atom is 0.306 e. The summed E-state index contributed by atoms with van der Waals surface area (Å²) in [6.45, 7) is 2.45. The molecule has 8 heteroatoms. The highest BCUT2D eigenvalue weighted by Crippen LogP contribution is 2.33. The van der Waals surface area contributed by atoms with E-state index >= 15 is 0 Å². The van der Waals surface area contributed by atoms with E-state index in [1.54, 1.807) is 35.2 Å². The lowest BCUT2D eigenvalue weighted by atomic mass is 9.95. The lowest BCUT2D eigenvalue weighted by Gasteiger charge is -2.30. The Labute approximate surface area is 233 Å². The number of fused-ring (bicyclic) bond motifs is 1. The highest BCUT2D eigenvalue weighted by molar-refractivity contribution is 9.10. The Hall–Kier alpha value is -4.04. The topological polar surface area (TPSA) is 96.7 Å². The number of carbonyl (C=O) groups is 3. The van der Waals surface area contributed by atoms with Crippen molar-refractivity contribution < 1.29 is 19.5 Å². The molecule has 1 aliphatic heterocycles. The predicted octanol–water partition coefficient (Wildman–Crippen LogP) is 5.62. The number of nitrogens with zero attached hydrogens (tertiary/aromatic N) is 2. The largest absolute Gasteiger partial charge is 0.481 e. The van der Waals surface area contributed by atoms with E-state index in [4.69, 9.17) is 0 Å². The highest BCUT2D eigenvalue weighted by atomic mass is 79.9. The Morgan fingerprint density at radius 3 is 2.21 bits per heavy atom. The number of aromatic nitrogens is 1. The van der Waals surface area contributed by atoms with Gasteiger partial charge in [0.25, 0.3) is 11.5 Å². The molecule has 0 aliphatic carbocycles. The molecule has 198 valence electrons. The van der Waals surface area contributed by atoms with Crippen LogP contribution in [0, 0.1) is 5.92 Å². The van der Waals surface area contributed by atoms with Crippen molar-refractivity contribution in [3.05, 3.63) is 104 Å². The molecule has 1 aromatic heterocycles. The normalized spacial score (nSPS) is 13.9. The molecule has 0 spiro atoms. The monoisotopic (exact) mass is 586 g/mol. The number of likely N-dealkylation sites (tertiary alicyclic amines) is 1.